The second-order valence-electron chi connectivity index (χ2n) is 5.23. The van der Waals surface area contributed by atoms with E-state index in [1.807, 2.05) is 13.0 Å². The lowest BCUT2D eigenvalue weighted by Gasteiger charge is -2.16. The molecule has 7 heteroatoms. The summed E-state index contributed by atoms with van der Waals surface area (Å²) in [6, 6.07) is 5.25. The predicted molar refractivity (Wildman–Crippen MR) is 92.1 cm³/mol. The highest BCUT2D eigenvalue weighted by Crippen LogP contribution is 2.25. The van der Waals surface area contributed by atoms with Crippen molar-refractivity contribution in [1.29, 1.82) is 0 Å². The molecule has 2 rings (SSSR count). The van der Waals surface area contributed by atoms with Crippen LogP contribution >= 0.6 is 35.6 Å². The summed E-state index contributed by atoms with van der Waals surface area (Å²) < 4.78 is 5.49. The molecule has 0 saturated carbocycles. The molecule has 22 heavy (non-hydrogen) atoms. The van der Waals surface area contributed by atoms with Crippen molar-refractivity contribution in [1.82, 2.24) is 10.6 Å². The Balaban J connectivity index is 0.00000242. The zero-order valence-electron chi connectivity index (χ0n) is 12.4. The fourth-order valence-corrected chi connectivity index (χ4v) is 2.62. The van der Waals surface area contributed by atoms with Gasteiger partial charge in [-0.05, 0) is 37.5 Å². The van der Waals surface area contributed by atoms with Crippen molar-refractivity contribution >= 4 is 41.5 Å². The van der Waals surface area contributed by atoms with Gasteiger partial charge in [-0.25, -0.2) is 0 Å². The molecule has 1 aliphatic heterocycles. The molecule has 2 N–H and O–H groups in total. The summed E-state index contributed by atoms with van der Waals surface area (Å²) in [6.07, 6.45) is 2.41. The molecule has 1 heterocycles. The number of halogens is 3. The van der Waals surface area contributed by atoms with Gasteiger partial charge in [-0.3, -0.25) is 4.79 Å². The Hall–Kier alpha value is -0.520. The van der Waals surface area contributed by atoms with E-state index in [4.69, 9.17) is 27.9 Å². The molecule has 2 unspecified atom stereocenters. The Labute approximate surface area is 147 Å². The van der Waals surface area contributed by atoms with Crippen LogP contribution in [0.4, 0.5) is 0 Å². The van der Waals surface area contributed by atoms with Crippen molar-refractivity contribution in [2.45, 2.75) is 31.9 Å². The van der Waals surface area contributed by atoms with E-state index in [1.165, 1.54) is 0 Å². The molecule has 1 amide bonds. The average Bonchev–Trinajstić information content (AvgIpc) is 2.95. The molecule has 1 fully saturated rings. The third kappa shape index (κ3) is 5.94. The molecule has 2 atom stereocenters. The lowest BCUT2D eigenvalue weighted by Crippen LogP contribution is -2.38. The molecule has 0 bridgehead atoms. The Morgan fingerprint density at radius 3 is 2.82 bits per heavy atom. The zero-order valence-corrected chi connectivity index (χ0v) is 14.7. The molecule has 4 nitrogen and oxygen atoms in total. The number of amides is 1. The second kappa shape index (κ2) is 9.58. The summed E-state index contributed by atoms with van der Waals surface area (Å²) in [5.41, 5.74) is 0.928. The van der Waals surface area contributed by atoms with E-state index in [-0.39, 0.29) is 37.0 Å². The molecule has 0 radical (unpaired) electrons. The van der Waals surface area contributed by atoms with Gasteiger partial charge in [0.2, 0.25) is 5.91 Å². The minimum absolute atomic E-state index is 0. The lowest BCUT2D eigenvalue weighted by atomic mass is 10.1. The van der Waals surface area contributed by atoms with Gasteiger partial charge in [0.25, 0.3) is 0 Å². The number of benzene rings is 1. The van der Waals surface area contributed by atoms with Crippen molar-refractivity contribution in [2.75, 3.05) is 19.7 Å². The van der Waals surface area contributed by atoms with Gasteiger partial charge in [-0.15, -0.1) is 12.4 Å². The van der Waals surface area contributed by atoms with Crippen molar-refractivity contribution < 1.29 is 9.53 Å². The minimum atomic E-state index is -0.114. The van der Waals surface area contributed by atoms with Gasteiger partial charge >= 0.3 is 0 Å². The SMILES string of the molecule is CC(NC(=O)CNCC1CCCO1)c1ccc(Cl)c(Cl)c1.Cl. The number of hydrogen-bond donors (Lipinski definition) is 2. The Morgan fingerprint density at radius 2 is 2.18 bits per heavy atom. The van der Waals surface area contributed by atoms with Crippen LogP contribution in [0.25, 0.3) is 0 Å². The Morgan fingerprint density at radius 1 is 1.41 bits per heavy atom. The highest BCUT2D eigenvalue weighted by Gasteiger charge is 2.16. The van der Waals surface area contributed by atoms with Crippen LogP contribution in [0, 0.1) is 0 Å². The standard InChI is InChI=1S/C15H20Cl2N2O2.ClH/c1-10(11-4-5-13(16)14(17)7-11)19-15(20)9-18-8-12-3-2-6-21-12;/h4-5,7,10,12,18H,2-3,6,8-9H2,1H3,(H,19,20);1H. The highest BCUT2D eigenvalue weighted by atomic mass is 35.5. The molecule has 1 saturated heterocycles. The van der Waals surface area contributed by atoms with Crippen LogP contribution in [0.2, 0.25) is 10.0 Å². The van der Waals surface area contributed by atoms with Crippen molar-refractivity contribution in [3.63, 3.8) is 0 Å². The second-order valence-corrected chi connectivity index (χ2v) is 6.04. The quantitative estimate of drug-likeness (QED) is 0.810. The summed E-state index contributed by atoms with van der Waals surface area (Å²) in [5, 5.41) is 7.05. The van der Waals surface area contributed by atoms with Crippen LogP contribution in [0.3, 0.4) is 0 Å². The van der Waals surface area contributed by atoms with Crippen LogP contribution in [0.1, 0.15) is 31.4 Å². The third-order valence-corrected chi connectivity index (χ3v) is 4.24. The Bertz CT molecular complexity index is 494. The van der Waals surface area contributed by atoms with Crippen LogP contribution in [-0.2, 0) is 9.53 Å². The third-order valence-electron chi connectivity index (χ3n) is 3.50. The van der Waals surface area contributed by atoms with Gasteiger partial charge in [0.1, 0.15) is 0 Å². The van der Waals surface area contributed by atoms with Gasteiger partial charge in [0.05, 0.1) is 28.7 Å². The average molecular weight is 368 g/mol. The summed E-state index contributed by atoms with van der Waals surface area (Å²) in [4.78, 5) is 11.9. The van der Waals surface area contributed by atoms with Gasteiger partial charge < -0.3 is 15.4 Å². The first-order chi connectivity index (χ1) is 10.1. The minimum Gasteiger partial charge on any atom is -0.377 e. The topological polar surface area (TPSA) is 50.4 Å². The van der Waals surface area contributed by atoms with E-state index >= 15 is 0 Å². The molecule has 0 aromatic heterocycles. The van der Waals surface area contributed by atoms with Gasteiger partial charge in [0.15, 0.2) is 0 Å². The van der Waals surface area contributed by atoms with E-state index in [1.54, 1.807) is 12.1 Å². The van der Waals surface area contributed by atoms with Crippen molar-refractivity contribution in [2.24, 2.45) is 0 Å². The van der Waals surface area contributed by atoms with Gasteiger partial charge in [-0.2, -0.15) is 0 Å². The Kier molecular flexibility index (Phi) is 8.50. The molecular weight excluding hydrogens is 347 g/mol. The van der Waals surface area contributed by atoms with E-state index < -0.39 is 0 Å². The van der Waals surface area contributed by atoms with Crippen molar-refractivity contribution in [3.8, 4) is 0 Å². The molecular formula is C15H21Cl3N2O2. The first kappa shape index (κ1) is 19.5. The van der Waals surface area contributed by atoms with Gasteiger partial charge in [0, 0.05) is 13.2 Å². The maximum atomic E-state index is 11.9. The van der Waals surface area contributed by atoms with Crippen molar-refractivity contribution in [3.05, 3.63) is 33.8 Å². The fraction of sp³-hybridized carbons (Fsp3) is 0.533. The molecule has 1 aromatic carbocycles. The zero-order chi connectivity index (χ0) is 15.2. The first-order valence-corrected chi connectivity index (χ1v) is 7.88. The van der Waals surface area contributed by atoms with E-state index in [0.717, 1.165) is 25.0 Å². The summed E-state index contributed by atoms with van der Waals surface area (Å²) in [6.45, 7) is 3.74. The van der Waals surface area contributed by atoms with Crippen LogP contribution in [0.15, 0.2) is 18.2 Å². The van der Waals surface area contributed by atoms with Crippen LogP contribution < -0.4 is 10.6 Å². The van der Waals surface area contributed by atoms with Crippen LogP contribution in [0.5, 0.6) is 0 Å². The van der Waals surface area contributed by atoms with Crippen LogP contribution in [-0.4, -0.2) is 31.7 Å². The fourth-order valence-electron chi connectivity index (χ4n) is 2.31. The van der Waals surface area contributed by atoms with E-state index in [9.17, 15) is 4.79 Å². The summed E-state index contributed by atoms with van der Waals surface area (Å²) in [5.74, 6) is -0.0495. The number of carbonyl (C=O) groups is 1. The summed E-state index contributed by atoms with van der Waals surface area (Å²) >= 11 is 11.9. The maximum absolute atomic E-state index is 11.9. The smallest absolute Gasteiger partial charge is 0.234 e. The number of hydrogen-bond acceptors (Lipinski definition) is 3. The number of carbonyl (C=O) groups excluding carboxylic acids is 1. The maximum Gasteiger partial charge on any atom is 0.234 e. The molecule has 1 aromatic rings. The van der Waals surface area contributed by atoms with E-state index in [0.29, 0.717) is 16.6 Å². The first-order valence-electron chi connectivity index (χ1n) is 7.13. The highest BCUT2D eigenvalue weighted by molar-refractivity contribution is 6.42. The molecule has 0 aliphatic carbocycles. The largest absolute Gasteiger partial charge is 0.377 e. The predicted octanol–water partition coefficient (Wildman–Crippen LogP) is 3.36. The summed E-state index contributed by atoms with van der Waals surface area (Å²) in [7, 11) is 0. The monoisotopic (exact) mass is 366 g/mol. The molecule has 1 aliphatic rings. The number of ether oxygens (including phenoxy) is 1. The normalized spacial score (nSPS) is 18.6. The number of rotatable bonds is 6. The molecule has 124 valence electrons. The molecule has 0 spiro atoms. The number of nitrogens with one attached hydrogen (secondary N) is 2. The van der Waals surface area contributed by atoms with Gasteiger partial charge in [-0.1, -0.05) is 29.3 Å². The lowest BCUT2D eigenvalue weighted by molar-refractivity contribution is -0.120. The van der Waals surface area contributed by atoms with E-state index in [2.05, 4.69) is 10.6 Å².